The molecule has 0 radical (unpaired) electrons. The van der Waals surface area contributed by atoms with Gasteiger partial charge in [0.2, 0.25) is 15.9 Å². The minimum Gasteiger partial charge on any atom is -0.378 e. The van der Waals surface area contributed by atoms with Gasteiger partial charge >= 0.3 is 0 Å². The maximum atomic E-state index is 13.3. The summed E-state index contributed by atoms with van der Waals surface area (Å²) in [6, 6.07) is 2.82. The lowest BCUT2D eigenvalue weighted by atomic mass is 10.2. The molecule has 0 spiro atoms. The molecular formula is C14H18F2N2O4S. The highest BCUT2D eigenvalue weighted by atomic mass is 32.2. The summed E-state index contributed by atoms with van der Waals surface area (Å²) >= 11 is 0. The average Bonchev–Trinajstić information content (AvgIpc) is 2.50. The van der Waals surface area contributed by atoms with Crippen LogP contribution in [0.3, 0.4) is 0 Å². The van der Waals surface area contributed by atoms with Crippen molar-refractivity contribution in [1.82, 2.24) is 4.90 Å². The number of nitrogens with zero attached hydrogens (tertiary/aromatic N) is 2. The van der Waals surface area contributed by atoms with Crippen molar-refractivity contribution in [3.8, 4) is 0 Å². The van der Waals surface area contributed by atoms with Crippen molar-refractivity contribution in [3.05, 3.63) is 29.8 Å². The largest absolute Gasteiger partial charge is 0.378 e. The monoisotopic (exact) mass is 348 g/mol. The van der Waals surface area contributed by atoms with Gasteiger partial charge in [0.1, 0.15) is 0 Å². The fourth-order valence-corrected chi connectivity index (χ4v) is 3.21. The molecule has 23 heavy (non-hydrogen) atoms. The van der Waals surface area contributed by atoms with Crippen LogP contribution in [0.5, 0.6) is 0 Å². The molecule has 1 fully saturated rings. The maximum absolute atomic E-state index is 13.3. The SMILES string of the molecule is CS(=O)(=O)N(CCC(=O)N1CCOCC1)c1ccc(F)c(F)c1. The van der Waals surface area contributed by atoms with Crippen LogP contribution in [0.2, 0.25) is 0 Å². The van der Waals surface area contributed by atoms with Gasteiger partial charge in [-0.15, -0.1) is 0 Å². The van der Waals surface area contributed by atoms with Crippen LogP contribution in [0.4, 0.5) is 14.5 Å². The highest BCUT2D eigenvalue weighted by Crippen LogP contribution is 2.21. The van der Waals surface area contributed by atoms with Crippen LogP contribution in [0.15, 0.2) is 18.2 Å². The zero-order valence-corrected chi connectivity index (χ0v) is 13.5. The van der Waals surface area contributed by atoms with E-state index in [0.29, 0.717) is 26.3 Å². The smallest absolute Gasteiger partial charge is 0.232 e. The van der Waals surface area contributed by atoms with E-state index in [0.717, 1.165) is 22.7 Å². The van der Waals surface area contributed by atoms with E-state index in [1.54, 1.807) is 4.90 Å². The number of carbonyl (C=O) groups is 1. The van der Waals surface area contributed by atoms with Gasteiger partial charge in [0.15, 0.2) is 11.6 Å². The van der Waals surface area contributed by atoms with Gasteiger partial charge in [-0.3, -0.25) is 9.10 Å². The van der Waals surface area contributed by atoms with Crippen molar-refractivity contribution in [2.45, 2.75) is 6.42 Å². The van der Waals surface area contributed by atoms with Crippen molar-refractivity contribution in [1.29, 1.82) is 0 Å². The van der Waals surface area contributed by atoms with E-state index in [1.165, 1.54) is 6.07 Å². The van der Waals surface area contributed by atoms with Crippen molar-refractivity contribution >= 4 is 21.6 Å². The second-order valence-electron chi connectivity index (χ2n) is 5.18. The number of hydrogen-bond acceptors (Lipinski definition) is 4. The topological polar surface area (TPSA) is 66.9 Å². The Morgan fingerprint density at radius 1 is 1.26 bits per heavy atom. The van der Waals surface area contributed by atoms with Crippen LogP contribution in [-0.4, -0.2) is 58.3 Å². The number of halogens is 2. The Bertz CT molecular complexity index is 675. The molecule has 1 aromatic carbocycles. The third-order valence-corrected chi connectivity index (χ3v) is 4.68. The summed E-state index contributed by atoms with van der Waals surface area (Å²) < 4.78 is 56.1. The quantitative estimate of drug-likeness (QED) is 0.796. The first kappa shape index (κ1) is 17.6. The second kappa shape index (κ2) is 7.22. The molecule has 9 heteroatoms. The van der Waals surface area contributed by atoms with E-state index in [4.69, 9.17) is 4.74 Å². The summed E-state index contributed by atoms with van der Waals surface area (Å²) in [5.41, 5.74) is -0.0128. The number of anilines is 1. The normalized spacial score (nSPS) is 15.5. The maximum Gasteiger partial charge on any atom is 0.232 e. The third kappa shape index (κ3) is 4.61. The lowest BCUT2D eigenvalue weighted by Crippen LogP contribution is -2.42. The highest BCUT2D eigenvalue weighted by molar-refractivity contribution is 7.92. The van der Waals surface area contributed by atoms with Crippen LogP contribution in [0.1, 0.15) is 6.42 Å². The first-order valence-corrected chi connectivity index (χ1v) is 8.92. The summed E-state index contributed by atoms with van der Waals surface area (Å²) in [7, 11) is -3.73. The first-order valence-electron chi connectivity index (χ1n) is 7.07. The molecule has 6 nitrogen and oxygen atoms in total. The van der Waals surface area contributed by atoms with Crippen LogP contribution in [0.25, 0.3) is 0 Å². The Morgan fingerprint density at radius 3 is 2.48 bits per heavy atom. The number of morpholine rings is 1. The number of sulfonamides is 1. The van der Waals surface area contributed by atoms with E-state index in [2.05, 4.69) is 0 Å². The zero-order valence-electron chi connectivity index (χ0n) is 12.7. The minimum atomic E-state index is -3.73. The molecule has 128 valence electrons. The molecule has 0 N–H and O–H groups in total. The first-order chi connectivity index (χ1) is 10.8. The lowest BCUT2D eigenvalue weighted by Gasteiger charge is -2.28. The molecule has 1 saturated heterocycles. The summed E-state index contributed by atoms with van der Waals surface area (Å²) in [6.45, 7) is 1.68. The van der Waals surface area contributed by atoms with Crippen molar-refractivity contribution in [2.24, 2.45) is 0 Å². The Morgan fingerprint density at radius 2 is 1.91 bits per heavy atom. The van der Waals surface area contributed by atoms with Gasteiger partial charge in [0.05, 0.1) is 25.2 Å². The van der Waals surface area contributed by atoms with E-state index in [9.17, 15) is 22.0 Å². The number of amides is 1. The van der Waals surface area contributed by atoms with E-state index >= 15 is 0 Å². The van der Waals surface area contributed by atoms with Gasteiger partial charge in [-0.05, 0) is 12.1 Å². The third-order valence-electron chi connectivity index (χ3n) is 3.48. The number of ether oxygens (including phenoxy) is 1. The average molecular weight is 348 g/mol. The standard InChI is InChI=1S/C14H18F2N2O4S/c1-23(20,21)18(11-2-3-12(15)13(16)10-11)5-4-14(19)17-6-8-22-9-7-17/h2-3,10H,4-9H2,1H3. The number of carbonyl (C=O) groups excluding carboxylic acids is 1. The molecule has 0 saturated carbocycles. The fraction of sp³-hybridized carbons (Fsp3) is 0.500. The van der Waals surface area contributed by atoms with Gasteiger partial charge in [0.25, 0.3) is 0 Å². The molecule has 2 rings (SSSR count). The van der Waals surface area contributed by atoms with Gasteiger partial charge in [-0.1, -0.05) is 0 Å². The Kier molecular flexibility index (Phi) is 5.53. The molecule has 0 aliphatic carbocycles. The van der Waals surface area contributed by atoms with Gasteiger partial charge < -0.3 is 9.64 Å². The molecule has 1 aromatic rings. The summed E-state index contributed by atoms with van der Waals surface area (Å²) in [4.78, 5) is 13.7. The molecule has 0 unspecified atom stereocenters. The van der Waals surface area contributed by atoms with Crippen molar-refractivity contribution < 1.29 is 26.7 Å². The Labute approximate surface area is 133 Å². The van der Waals surface area contributed by atoms with E-state index < -0.39 is 21.7 Å². The van der Waals surface area contributed by atoms with Gasteiger partial charge in [-0.25, -0.2) is 17.2 Å². The molecule has 0 bridgehead atoms. The number of benzene rings is 1. The highest BCUT2D eigenvalue weighted by Gasteiger charge is 2.22. The predicted octanol–water partition coefficient (Wildman–Crippen LogP) is 0.980. The van der Waals surface area contributed by atoms with Crippen molar-refractivity contribution in [3.63, 3.8) is 0 Å². The predicted molar refractivity (Wildman–Crippen MR) is 80.6 cm³/mol. The number of rotatable bonds is 5. The Hall–Kier alpha value is -1.74. The molecule has 1 heterocycles. The molecule has 1 aliphatic heterocycles. The van der Waals surface area contributed by atoms with Crippen molar-refractivity contribution in [2.75, 3.05) is 43.4 Å². The van der Waals surface area contributed by atoms with E-state index in [-0.39, 0.29) is 24.6 Å². The van der Waals surface area contributed by atoms with Gasteiger partial charge in [0, 0.05) is 32.1 Å². The fourth-order valence-electron chi connectivity index (χ4n) is 2.29. The molecule has 0 atom stereocenters. The van der Waals surface area contributed by atoms with Gasteiger partial charge in [-0.2, -0.15) is 0 Å². The molecule has 0 aromatic heterocycles. The summed E-state index contributed by atoms with van der Waals surface area (Å²) in [5, 5.41) is 0. The number of hydrogen-bond donors (Lipinski definition) is 0. The lowest BCUT2D eigenvalue weighted by molar-refractivity contribution is -0.134. The van der Waals surface area contributed by atoms with Crippen LogP contribution in [-0.2, 0) is 19.6 Å². The zero-order chi connectivity index (χ0) is 17.0. The second-order valence-corrected chi connectivity index (χ2v) is 7.08. The summed E-state index contributed by atoms with van der Waals surface area (Å²) in [6.07, 6.45) is 0.902. The Balaban J connectivity index is 2.10. The van der Waals surface area contributed by atoms with Crippen LogP contribution in [0, 0.1) is 11.6 Å². The van der Waals surface area contributed by atoms with Crippen LogP contribution >= 0.6 is 0 Å². The summed E-state index contributed by atoms with van der Waals surface area (Å²) in [5.74, 6) is -2.41. The molecule has 1 aliphatic rings. The molecular weight excluding hydrogens is 330 g/mol. The minimum absolute atomic E-state index is 0.0128. The van der Waals surface area contributed by atoms with Crippen LogP contribution < -0.4 is 4.31 Å². The molecule has 1 amide bonds. The van der Waals surface area contributed by atoms with E-state index in [1.807, 2.05) is 0 Å².